The normalized spacial score (nSPS) is 22.6. The molecule has 3 heterocycles. The molecule has 9 nitrogen and oxygen atoms in total. The highest BCUT2D eigenvalue weighted by Crippen LogP contribution is 2.32. The lowest BCUT2D eigenvalue weighted by molar-refractivity contribution is -0.388. The number of aryl methyl sites for hydroxylation is 1. The predicted octanol–water partition coefficient (Wildman–Crippen LogP) is 0.0711. The molecule has 126 valence electrons. The lowest BCUT2D eigenvalue weighted by Crippen LogP contribution is -2.53. The molecule has 2 aliphatic rings. The van der Waals surface area contributed by atoms with Gasteiger partial charge in [-0.25, -0.2) is 0 Å². The van der Waals surface area contributed by atoms with E-state index in [9.17, 15) is 14.9 Å². The maximum absolute atomic E-state index is 12.9. The van der Waals surface area contributed by atoms with Crippen LogP contribution in [-0.4, -0.2) is 76.0 Å². The van der Waals surface area contributed by atoms with Crippen molar-refractivity contribution in [3.8, 4) is 0 Å². The number of carbonyl (C=O) groups is 1. The Hall–Kier alpha value is -2.16. The Morgan fingerprint density at radius 1 is 1.26 bits per heavy atom. The summed E-state index contributed by atoms with van der Waals surface area (Å²) in [5, 5.41) is 11.2. The molecule has 0 saturated carbocycles. The van der Waals surface area contributed by atoms with Gasteiger partial charge in [0.25, 0.3) is 0 Å². The van der Waals surface area contributed by atoms with E-state index in [-0.39, 0.29) is 17.8 Å². The van der Waals surface area contributed by atoms with Gasteiger partial charge in [-0.3, -0.25) is 9.36 Å². The Balaban J connectivity index is 1.82. The Bertz CT molecular complexity index is 608. The van der Waals surface area contributed by atoms with Crippen LogP contribution in [0, 0.1) is 10.1 Å². The summed E-state index contributed by atoms with van der Waals surface area (Å²) < 4.78 is 1.63. The van der Waals surface area contributed by atoms with Gasteiger partial charge in [0.2, 0.25) is 18.1 Å². The van der Waals surface area contributed by atoms with Gasteiger partial charge in [-0.15, -0.1) is 0 Å². The van der Waals surface area contributed by atoms with Crippen LogP contribution < -0.4 is 4.90 Å². The summed E-state index contributed by atoms with van der Waals surface area (Å²) in [4.78, 5) is 33.4. The molecule has 0 aliphatic carbocycles. The van der Waals surface area contributed by atoms with Crippen molar-refractivity contribution in [2.45, 2.75) is 18.9 Å². The third kappa shape index (κ3) is 2.88. The molecule has 23 heavy (non-hydrogen) atoms. The van der Waals surface area contributed by atoms with Crippen LogP contribution >= 0.6 is 0 Å². The summed E-state index contributed by atoms with van der Waals surface area (Å²) in [5.41, 5.74) is 0. The molecular weight excluding hydrogens is 300 g/mol. The zero-order chi connectivity index (χ0) is 16.6. The SMILES string of the molecule is CN1CCN(C(=O)[C@@H]2CCCN2c2c([N+](=O)[O-])ncn2C)CC1. The van der Waals surface area contributed by atoms with Crippen LogP contribution in [0.4, 0.5) is 11.6 Å². The van der Waals surface area contributed by atoms with E-state index in [1.54, 1.807) is 11.6 Å². The minimum atomic E-state index is -0.481. The highest BCUT2D eigenvalue weighted by molar-refractivity contribution is 5.86. The molecule has 3 rings (SSSR count). The number of imidazole rings is 1. The lowest BCUT2D eigenvalue weighted by atomic mass is 10.1. The van der Waals surface area contributed by atoms with E-state index in [0.717, 1.165) is 25.9 Å². The second-order valence-electron chi connectivity index (χ2n) is 6.24. The molecule has 1 aromatic heterocycles. The molecule has 0 spiro atoms. The zero-order valence-corrected chi connectivity index (χ0v) is 13.5. The Labute approximate surface area is 134 Å². The Kier molecular flexibility index (Phi) is 4.20. The van der Waals surface area contributed by atoms with E-state index < -0.39 is 4.92 Å². The second kappa shape index (κ2) is 6.15. The number of aromatic nitrogens is 2. The molecule has 0 unspecified atom stereocenters. The fraction of sp³-hybridized carbons (Fsp3) is 0.714. The van der Waals surface area contributed by atoms with E-state index in [1.807, 2.05) is 16.8 Å². The Morgan fingerprint density at radius 2 is 1.96 bits per heavy atom. The van der Waals surface area contributed by atoms with Gasteiger partial charge in [0.05, 0.1) is 0 Å². The van der Waals surface area contributed by atoms with Crippen molar-refractivity contribution in [1.29, 1.82) is 0 Å². The van der Waals surface area contributed by atoms with E-state index in [0.29, 0.717) is 25.5 Å². The molecule has 2 saturated heterocycles. The molecule has 0 radical (unpaired) electrons. The third-order valence-electron chi connectivity index (χ3n) is 4.69. The molecule has 2 aliphatic heterocycles. The number of amides is 1. The first-order valence-electron chi connectivity index (χ1n) is 7.88. The van der Waals surface area contributed by atoms with Gasteiger partial charge in [-0.05, 0) is 29.8 Å². The smallest absolute Gasteiger partial charge is 0.358 e. The van der Waals surface area contributed by atoms with E-state index >= 15 is 0 Å². The monoisotopic (exact) mass is 322 g/mol. The van der Waals surface area contributed by atoms with Gasteiger partial charge in [0.15, 0.2) is 0 Å². The van der Waals surface area contributed by atoms with E-state index in [2.05, 4.69) is 9.88 Å². The summed E-state index contributed by atoms with van der Waals surface area (Å²) in [5.74, 6) is 0.330. The molecule has 1 amide bonds. The van der Waals surface area contributed by atoms with E-state index in [4.69, 9.17) is 0 Å². The van der Waals surface area contributed by atoms with Crippen molar-refractivity contribution < 1.29 is 9.72 Å². The van der Waals surface area contributed by atoms with E-state index in [1.165, 1.54) is 6.33 Å². The van der Waals surface area contributed by atoms with Gasteiger partial charge in [0.1, 0.15) is 6.04 Å². The number of nitro groups is 1. The minimum absolute atomic E-state index is 0.0751. The number of hydrogen-bond donors (Lipinski definition) is 0. The summed E-state index contributed by atoms with van der Waals surface area (Å²) in [7, 11) is 3.77. The summed E-state index contributed by atoms with van der Waals surface area (Å²) in [6, 6.07) is -0.326. The van der Waals surface area contributed by atoms with Gasteiger partial charge in [-0.1, -0.05) is 0 Å². The number of anilines is 1. The summed E-state index contributed by atoms with van der Waals surface area (Å²) in [6.07, 6.45) is 3.02. The standard InChI is InChI=1S/C14H22N6O3/c1-16-6-8-18(9-7-16)14(21)11-4-3-5-19(11)13-12(20(22)23)15-10-17(13)2/h10-11H,3-9H2,1-2H3/t11-/m0/s1. The van der Waals surface area contributed by atoms with Crippen LogP contribution in [0.25, 0.3) is 0 Å². The average Bonchev–Trinajstić information content (AvgIpc) is 3.13. The maximum atomic E-state index is 12.9. The quantitative estimate of drug-likeness (QED) is 0.578. The van der Waals surface area contributed by atoms with Crippen LogP contribution in [0.3, 0.4) is 0 Å². The van der Waals surface area contributed by atoms with Crippen molar-refractivity contribution in [2.75, 3.05) is 44.7 Å². The fourth-order valence-electron chi connectivity index (χ4n) is 3.39. The van der Waals surface area contributed by atoms with Crippen molar-refractivity contribution in [3.63, 3.8) is 0 Å². The number of rotatable bonds is 3. The molecule has 1 atom stereocenters. The van der Waals surface area contributed by atoms with Crippen LogP contribution in [0.15, 0.2) is 6.33 Å². The minimum Gasteiger partial charge on any atom is -0.358 e. The molecule has 0 bridgehead atoms. The lowest BCUT2D eigenvalue weighted by Gasteiger charge is -2.36. The second-order valence-corrected chi connectivity index (χ2v) is 6.24. The molecule has 1 aromatic rings. The molecule has 9 heteroatoms. The highest BCUT2D eigenvalue weighted by atomic mass is 16.6. The van der Waals surface area contributed by atoms with Crippen molar-refractivity contribution in [3.05, 3.63) is 16.4 Å². The number of hydrogen-bond acceptors (Lipinski definition) is 6. The maximum Gasteiger partial charge on any atom is 0.406 e. The first-order valence-corrected chi connectivity index (χ1v) is 7.88. The number of piperazine rings is 1. The first kappa shape index (κ1) is 15.7. The average molecular weight is 322 g/mol. The predicted molar refractivity (Wildman–Crippen MR) is 84.3 cm³/mol. The molecule has 2 fully saturated rings. The summed E-state index contributed by atoms with van der Waals surface area (Å²) in [6.45, 7) is 3.81. The summed E-state index contributed by atoms with van der Waals surface area (Å²) >= 11 is 0. The number of likely N-dealkylation sites (N-methyl/N-ethyl adjacent to an activating group) is 1. The topological polar surface area (TPSA) is 87.8 Å². The van der Waals surface area contributed by atoms with Gasteiger partial charge in [-0.2, -0.15) is 0 Å². The number of nitrogens with zero attached hydrogens (tertiary/aromatic N) is 6. The van der Waals surface area contributed by atoms with Crippen LogP contribution in [0.1, 0.15) is 12.8 Å². The third-order valence-corrected chi connectivity index (χ3v) is 4.69. The van der Waals surface area contributed by atoms with Gasteiger partial charge >= 0.3 is 5.82 Å². The van der Waals surface area contributed by atoms with Crippen LogP contribution in [-0.2, 0) is 11.8 Å². The number of carbonyl (C=O) groups excluding carboxylic acids is 1. The molecular formula is C14H22N6O3. The van der Waals surface area contributed by atoms with Crippen molar-refractivity contribution >= 4 is 17.5 Å². The first-order chi connectivity index (χ1) is 11.0. The molecule has 0 N–H and O–H groups in total. The largest absolute Gasteiger partial charge is 0.406 e. The van der Waals surface area contributed by atoms with Gasteiger partial charge in [0, 0.05) is 39.8 Å². The van der Waals surface area contributed by atoms with Crippen molar-refractivity contribution in [1.82, 2.24) is 19.4 Å². The van der Waals surface area contributed by atoms with Crippen LogP contribution in [0.5, 0.6) is 0 Å². The zero-order valence-electron chi connectivity index (χ0n) is 13.5. The highest BCUT2D eigenvalue weighted by Gasteiger charge is 2.39. The molecule has 0 aromatic carbocycles. The fourth-order valence-corrected chi connectivity index (χ4v) is 3.39. The van der Waals surface area contributed by atoms with Crippen molar-refractivity contribution in [2.24, 2.45) is 7.05 Å². The van der Waals surface area contributed by atoms with Gasteiger partial charge < -0.3 is 24.8 Å². The Morgan fingerprint density at radius 3 is 2.61 bits per heavy atom. The van der Waals surface area contributed by atoms with Crippen LogP contribution in [0.2, 0.25) is 0 Å².